The SMILES string of the molecule is CCCc1ccc(-c2cc3ccc(C(F)(F)Oc4cc(F)c(F)c(F)c4)c(F)c3c(F)c2F)nc1. The van der Waals surface area contributed by atoms with E-state index >= 15 is 4.39 Å². The van der Waals surface area contributed by atoms with Gasteiger partial charge in [-0.05, 0) is 35.6 Å². The van der Waals surface area contributed by atoms with Crippen molar-refractivity contribution in [3.05, 3.63) is 94.7 Å². The molecule has 182 valence electrons. The fraction of sp³-hybridized carbons (Fsp3) is 0.160. The van der Waals surface area contributed by atoms with Gasteiger partial charge in [0.15, 0.2) is 29.1 Å². The molecular formula is C25H15F8NO. The molecule has 10 heteroatoms. The molecule has 0 spiro atoms. The van der Waals surface area contributed by atoms with Crippen LogP contribution in [-0.2, 0) is 12.5 Å². The number of rotatable bonds is 6. The van der Waals surface area contributed by atoms with E-state index in [2.05, 4.69) is 9.72 Å². The molecule has 0 aliphatic rings. The summed E-state index contributed by atoms with van der Waals surface area (Å²) in [5, 5.41) is -1.32. The first kappa shape index (κ1) is 24.4. The predicted octanol–water partition coefficient (Wildman–Crippen LogP) is 7.82. The smallest absolute Gasteiger partial charge is 0.429 e. The number of halogens is 8. The van der Waals surface area contributed by atoms with E-state index in [0.29, 0.717) is 6.07 Å². The summed E-state index contributed by atoms with van der Waals surface area (Å²) in [6.07, 6.45) is -1.51. The molecule has 0 amide bonds. The Morgan fingerprint density at radius 1 is 0.800 bits per heavy atom. The third kappa shape index (κ3) is 4.52. The van der Waals surface area contributed by atoms with Gasteiger partial charge in [0.25, 0.3) is 0 Å². The number of pyridine rings is 1. The molecule has 0 saturated carbocycles. The van der Waals surface area contributed by atoms with Gasteiger partial charge in [-0.1, -0.05) is 25.5 Å². The lowest BCUT2D eigenvalue weighted by Gasteiger charge is -2.20. The summed E-state index contributed by atoms with van der Waals surface area (Å²) in [4.78, 5) is 4.09. The number of hydrogen-bond donors (Lipinski definition) is 0. The topological polar surface area (TPSA) is 22.1 Å². The van der Waals surface area contributed by atoms with Crippen molar-refractivity contribution in [2.45, 2.75) is 25.9 Å². The fourth-order valence-electron chi connectivity index (χ4n) is 3.61. The van der Waals surface area contributed by atoms with Crippen LogP contribution < -0.4 is 4.74 Å². The largest absolute Gasteiger partial charge is 0.429 e. The summed E-state index contributed by atoms with van der Waals surface area (Å²) in [5.41, 5.74) is -0.896. The van der Waals surface area contributed by atoms with Crippen molar-refractivity contribution in [2.75, 3.05) is 0 Å². The van der Waals surface area contributed by atoms with Crippen LogP contribution in [0, 0.1) is 34.9 Å². The quantitative estimate of drug-likeness (QED) is 0.200. The van der Waals surface area contributed by atoms with Crippen LogP contribution in [-0.4, -0.2) is 4.98 Å². The maximum absolute atomic E-state index is 15.0. The number of nitrogens with zero attached hydrogens (tertiary/aromatic N) is 1. The monoisotopic (exact) mass is 497 g/mol. The van der Waals surface area contributed by atoms with E-state index < -0.39 is 57.7 Å². The first-order valence-corrected chi connectivity index (χ1v) is 10.3. The van der Waals surface area contributed by atoms with E-state index in [-0.39, 0.29) is 28.8 Å². The van der Waals surface area contributed by atoms with Crippen molar-refractivity contribution in [3.8, 4) is 17.0 Å². The summed E-state index contributed by atoms with van der Waals surface area (Å²) in [5.74, 6) is -11.8. The number of ether oxygens (including phenoxy) is 1. The zero-order valence-corrected chi connectivity index (χ0v) is 17.9. The van der Waals surface area contributed by atoms with Gasteiger partial charge in [-0.15, -0.1) is 0 Å². The minimum absolute atomic E-state index is 0.0571. The molecule has 0 bridgehead atoms. The van der Waals surface area contributed by atoms with Crippen molar-refractivity contribution >= 4 is 10.8 Å². The van der Waals surface area contributed by atoms with Gasteiger partial charge in [0, 0.05) is 23.9 Å². The molecule has 2 nitrogen and oxygen atoms in total. The van der Waals surface area contributed by atoms with E-state index in [9.17, 15) is 30.7 Å². The molecule has 0 aliphatic heterocycles. The molecule has 1 aromatic heterocycles. The predicted molar refractivity (Wildman–Crippen MR) is 112 cm³/mol. The van der Waals surface area contributed by atoms with Gasteiger partial charge >= 0.3 is 6.11 Å². The highest BCUT2D eigenvalue weighted by atomic mass is 19.3. The van der Waals surface area contributed by atoms with Crippen LogP contribution in [0.1, 0.15) is 24.5 Å². The molecule has 0 aliphatic carbocycles. The number of alkyl halides is 2. The Morgan fingerprint density at radius 2 is 1.49 bits per heavy atom. The maximum atomic E-state index is 15.0. The van der Waals surface area contributed by atoms with Gasteiger partial charge in [0.1, 0.15) is 17.1 Å². The Kier molecular flexibility index (Phi) is 6.40. The number of fused-ring (bicyclic) bond motifs is 1. The minimum atomic E-state index is -4.58. The average Bonchev–Trinajstić information content (AvgIpc) is 2.80. The number of aromatic nitrogens is 1. The molecule has 0 N–H and O–H groups in total. The van der Waals surface area contributed by atoms with Crippen LogP contribution in [0.3, 0.4) is 0 Å². The van der Waals surface area contributed by atoms with E-state index in [0.717, 1.165) is 30.5 Å². The van der Waals surface area contributed by atoms with Gasteiger partial charge in [0.05, 0.1) is 11.1 Å². The van der Waals surface area contributed by atoms with Crippen LogP contribution in [0.5, 0.6) is 5.75 Å². The first-order chi connectivity index (χ1) is 16.5. The van der Waals surface area contributed by atoms with E-state index in [1.54, 1.807) is 6.07 Å². The molecule has 3 aromatic carbocycles. The second-order valence-electron chi connectivity index (χ2n) is 7.70. The van der Waals surface area contributed by atoms with Crippen LogP contribution >= 0.6 is 0 Å². The van der Waals surface area contributed by atoms with E-state index in [4.69, 9.17) is 0 Å². The van der Waals surface area contributed by atoms with Crippen molar-refractivity contribution < 1.29 is 39.9 Å². The summed E-state index contributed by atoms with van der Waals surface area (Å²) >= 11 is 0. The van der Waals surface area contributed by atoms with Crippen molar-refractivity contribution in [1.29, 1.82) is 0 Å². The lowest BCUT2D eigenvalue weighted by Crippen LogP contribution is -2.24. The average molecular weight is 497 g/mol. The second-order valence-corrected chi connectivity index (χ2v) is 7.70. The zero-order valence-electron chi connectivity index (χ0n) is 17.9. The summed E-state index contributed by atoms with van der Waals surface area (Å²) in [6, 6.07) is 5.94. The number of benzene rings is 3. The summed E-state index contributed by atoms with van der Waals surface area (Å²) < 4.78 is 118. The highest BCUT2D eigenvalue weighted by Gasteiger charge is 2.39. The lowest BCUT2D eigenvalue weighted by atomic mass is 9.99. The Balaban J connectivity index is 1.77. The Morgan fingerprint density at radius 3 is 2.09 bits per heavy atom. The standard InChI is InChI=1S/C25H15F8NO/c1-2-3-12-4-7-19(34-11-12)15-8-13-5-6-16(22(29)20(13)24(31)21(15)28)25(32,33)35-14-9-17(26)23(30)18(27)10-14/h4-11H,2-3H2,1H3. The summed E-state index contributed by atoms with van der Waals surface area (Å²) in [7, 11) is 0. The molecule has 1 heterocycles. The third-order valence-corrected chi connectivity index (χ3v) is 5.28. The van der Waals surface area contributed by atoms with Crippen molar-refractivity contribution in [2.24, 2.45) is 0 Å². The molecule has 0 unspecified atom stereocenters. The van der Waals surface area contributed by atoms with Gasteiger partial charge in [-0.2, -0.15) is 8.78 Å². The maximum Gasteiger partial charge on any atom is 0.429 e. The third-order valence-electron chi connectivity index (χ3n) is 5.28. The summed E-state index contributed by atoms with van der Waals surface area (Å²) in [6.45, 7) is 1.96. The molecule has 35 heavy (non-hydrogen) atoms. The van der Waals surface area contributed by atoms with Crippen molar-refractivity contribution in [3.63, 3.8) is 0 Å². The van der Waals surface area contributed by atoms with Gasteiger partial charge < -0.3 is 4.74 Å². The van der Waals surface area contributed by atoms with Crippen LogP contribution in [0.2, 0.25) is 0 Å². The van der Waals surface area contributed by atoms with Crippen LogP contribution in [0.25, 0.3) is 22.0 Å². The molecular weight excluding hydrogens is 482 g/mol. The Bertz CT molecular complexity index is 1400. The Labute approximate surface area is 193 Å². The molecule has 0 saturated heterocycles. The second kappa shape index (κ2) is 9.16. The zero-order chi connectivity index (χ0) is 25.5. The molecule has 0 fully saturated rings. The molecule has 0 radical (unpaired) electrons. The van der Waals surface area contributed by atoms with E-state index in [1.807, 2.05) is 6.92 Å². The minimum Gasteiger partial charge on any atom is -0.429 e. The highest BCUT2D eigenvalue weighted by molar-refractivity contribution is 5.89. The molecule has 0 atom stereocenters. The normalized spacial score (nSPS) is 11.8. The van der Waals surface area contributed by atoms with E-state index in [1.165, 1.54) is 12.3 Å². The lowest BCUT2D eigenvalue weighted by molar-refractivity contribution is -0.187. The van der Waals surface area contributed by atoms with Crippen molar-refractivity contribution in [1.82, 2.24) is 4.98 Å². The molecule has 4 aromatic rings. The highest BCUT2D eigenvalue weighted by Crippen LogP contribution is 2.39. The van der Waals surface area contributed by atoms with Gasteiger partial charge in [-0.25, -0.2) is 26.3 Å². The van der Waals surface area contributed by atoms with Crippen LogP contribution in [0.4, 0.5) is 35.1 Å². The molecule has 4 rings (SSSR count). The van der Waals surface area contributed by atoms with Gasteiger partial charge in [-0.3, -0.25) is 4.98 Å². The number of hydrogen-bond acceptors (Lipinski definition) is 2. The number of aryl methyl sites for hydroxylation is 1. The van der Waals surface area contributed by atoms with Gasteiger partial charge in [0.2, 0.25) is 0 Å². The fourth-order valence-corrected chi connectivity index (χ4v) is 3.61. The first-order valence-electron chi connectivity index (χ1n) is 10.3. The van der Waals surface area contributed by atoms with Crippen LogP contribution in [0.15, 0.2) is 48.7 Å². The Hall–Kier alpha value is -3.69.